The lowest BCUT2D eigenvalue weighted by molar-refractivity contribution is -0.120. The first-order chi connectivity index (χ1) is 12.5. The predicted octanol–water partition coefficient (Wildman–Crippen LogP) is 1.39. The van der Waals surface area contributed by atoms with Gasteiger partial charge in [-0.05, 0) is 31.0 Å². The Balaban J connectivity index is 1.82. The van der Waals surface area contributed by atoms with E-state index in [0.29, 0.717) is 30.1 Å². The van der Waals surface area contributed by atoms with Crippen LogP contribution in [-0.4, -0.2) is 62.7 Å². The molecule has 2 saturated heterocycles. The fourth-order valence-electron chi connectivity index (χ4n) is 3.31. The number of anilines is 1. The lowest BCUT2D eigenvalue weighted by atomic mass is 10.1. The number of benzene rings is 1. The summed E-state index contributed by atoms with van der Waals surface area (Å²) >= 11 is 0. The van der Waals surface area contributed by atoms with Crippen molar-refractivity contribution in [2.75, 3.05) is 38.8 Å². The maximum Gasteiger partial charge on any atom is 0.328 e. The number of urea groups is 1. The van der Waals surface area contributed by atoms with E-state index in [9.17, 15) is 14.4 Å². The van der Waals surface area contributed by atoms with Gasteiger partial charge in [-0.1, -0.05) is 0 Å². The molecule has 0 spiro atoms. The number of carbonyl (C=O) groups is 3. The molecule has 0 saturated carbocycles. The van der Waals surface area contributed by atoms with Gasteiger partial charge in [0, 0.05) is 38.7 Å². The van der Waals surface area contributed by atoms with Crippen molar-refractivity contribution in [2.24, 2.45) is 0 Å². The van der Waals surface area contributed by atoms with Gasteiger partial charge in [0.15, 0.2) is 0 Å². The normalized spacial score (nSPS) is 18.7. The number of hydrogen-bond donors (Lipinski definition) is 1. The van der Waals surface area contributed by atoms with Crippen molar-refractivity contribution in [1.29, 1.82) is 0 Å². The number of nitrogens with one attached hydrogen (secondary N) is 1. The average Bonchev–Trinajstić information content (AvgIpc) is 2.67. The van der Waals surface area contributed by atoms with Crippen LogP contribution in [0.15, 0.2) is 18.2 Å². The Morgan fingerprint density at radius 3 is 2.50 bits per heavy atom. The Labute approximate surface area is 152 Å². The highest BCUT2D eigenvalue weighted by Gasteiger charge is 2.28. The first-order valence-electron chi connectivity index (χ1n) is 8.65. The van der Waals surface area contributed by atoms with Crippen LogP contribution in [0.3, 0.4) is 0 Å². The SMILES string of the molecule is COc1ccc(C(=O)N2CCC(OC)CC2)cc1N1CCC(=O)NC1=O. The number of carbonyl (C=O) groups excluding carboxylic acids is 3. The second-order valence-electron chi connectivity index (χ2n) is 6.37. The van der Waals surface area contributed by atoms with Crippen LogP contribution in [0.4, 0.5) is 10.5 Å². The van der Waals surface area contributed by atoms with Crippen LogP contribution >= 0.6 is 0 Å². The molecule has 0 unspecified atom stereocenters. The summed E-state index contributed by atoms with van der Waals surface area (Å²) in [6.07, 6.45) is 2.02. The van der Waals surface area contributed by atoms with E-state index in [1.54, 1.807) is 30.2 Å². The van der Waals surface area contributed by atoms with Crippen molar-refractivity contribution < 1.29 is 23.9 Å². The minimum absolute atomic E-state index is 0.0862. The smallest absolute Gasteiger partial charge is 0.328 e. The average molecular weight is 361 g/mol. The van der Waals surface area contributed by atoms with Crippen LogP contribution in [-0.2, 0) is 9.53 Å². The highest BCUT2D eigenvalue weighted by atomic mass is 16.5. The number of ether oxygens (including phenoxy) is 2. The van der Waals surface area contributed by atoms with E-state index < -0.39 is 6.03 Å². The third-order valence-electron chi connectivity index (χ3n) is 4.83. The third kappa shape index (κ3) is 3.65. The quantitative estimate of drug-likeness (QED) is 0.876. The summed E-state index contributed by atoms with van der Waals surface area (Å²) < 4.78 is 10.7. The number of likely N-dealkylation sites (tertiary alicyclic amines) is 1. The van der Waals surface area contributed by atoms with Gasteiger partial charge in [-0.25, -0.2) is 4.79 Å². The standard InChI is InChI=1S/C18H23N3O5/c1-25-13-5-8-20(9-6-13)17(23)12-3-4-15(26-2)14(11-12)21-10-7-16(22)19-18(21)24/h3-4,11,13H,5-10H2,1-2H3,(H,19,22,24). The van der Waals surface area contributed by atoms with Crippen LogP contribution in [0.2, 0.25) is 0 Å². The number of nitrogens with zero attached hydrogens (tertiary/aromatic N) is 2. The van der Waals surface area contributed by atoms with Crippen LogP contribution in [0.5, 0.6) is 5.75 Å². The van der Waals surface area contributed by atoms with Gasteiger partial charge in [-0.15, -0.1) is 0 Å². The van der Waals surface area contributed by atoms with Crippen LogP contribution in [0.25, 0.3) is 0 Å². The number of piperidine rings is 1. The highest BCUT2D eigenvalue weighted by molar-refractivity contribution is 6.07. The number of rotatable bonds is 4. The summed E-state index contributed by atoms with van der Waals surface area (Å²) in [7, 11) is 3.19. The minimum atomic E-state index is -0.509. The van der Waals surface area contributed by atoms with Crippen molar-refractivity contribution in [3.8, 4) is 5.75 Å². The molecular formula is C18H23N3O5. The molecule has 1 aromatic rings. The predicted molar refractivity (Wildman–Crippen MR) is 94.4 cm³/mol. The van der Waals surface area contributed by atoms with Crippen LogP contribution < -0.4 is 15.0 Å². The third-order valence-corrected chi connectivity index (χ3v) is 4.83. The molecule has 2 aliphatic rings. The molecular weight excluding hydrogens is 338 g/mol. The monoisotopic (exact) mass is 361 g/mol. The molecule has 2 aliphatic heterocycles. The van der Waals surface area contributed by atoms with Gasteiger partial charge in [-0.3, -0.25) is 19.8 Å². The molecule has 8 heteroatoms. The highest BCUT2D eigenvalue weighted by Crippen LogP contribution is 2.31. The van der Waals surface area contributed by atoms with Gasteiger partial charge >= 0.3 is 6.03 Å². The second kappa shape index (κ2) is 7.74. The second-order valence-corrected chi connectivity index (χ2v) is 6.37. The molecule has 3 rings (SSSR count). The maximum absolute atomic E-state index is 12.8. The van der Waals surface area contributed by atoms with E-state index in [1.165, 1.54) is 12.0 Å². The number of imide groups is 1. The topological polar surface area (TPSA) is 88.2 Å². The Morgan fingerprint density at radius 2 is 1.88 bits per heavy atom. The lowest BCUT2D eigenvalue weighted by Gasteiger charge is -2.32. The molecule has 140 valence electrons. The van der Waals surface area contributed by atoms with Crippen molar-refractivity contribution in [2.45, 2.75) is 25.4 Å². The molecule has 0 aliphatic carbocycles. The Hall–Kier alpha value is -2.61. The number of methoxy groups -OCH3 is 2. The summed E-state index contributed by atoms with van der Waals surface area (Å²) in [5.41, 5.74) is 0.969. The Bertz CT molecular complexity index is 713. The van der Waals surface area contributed by atoms with E-state index in [4.69, 9.17) is 9.47 Å². The molecule has 8 nitrogen and oxygen atoms in total. The van der Waals surface area contributed by atoms with E-state index >= 15 is 0 Å². The van der Waals surface area contributed by atoms with Crippen molar-refractivity contribution in [3.05, 3.63) is 23.8 Å². The minimum Gasteiger partial charge on any atom is -0.495 e. The fraction of sp³-hybridized carbons (Fsp3) is 0.500. The van der Waals surface area contributed by atoms with E-state index in [2.05, 4.69) is 5.32 Å². The van der Waals surface area contributed by atoms with Crippen LogP contribution in [0.1, 0.15) is 29.6 Å². The van der Waals surface area contributed by atoms with Gasteiger partial charge in [-0.2, -0.15) is 0 Å². The lowest BCUT2D eigenvalue weighted by Crippen LogP contribution is -2.49. The fourth-order valence-corrected chi connectivity index (χ4v) is 3.31. The van der Waals surface area contributed by atoms with Gasteiger partial charge in [0.1, 0.15) is 5.75 Å². The summed E-state index contributed by atoms with van der Waals surface area (Å²) in [6, 6.07) is 4.51. The number of amides is 4. The molecule has 0 aromatic heterocycles. The van der Waals surface area contributed by atoms with Crippen molar-refractivity contribution in [1.82, 2.24) is 10.2 Å². The molecule has 1 N–H and O–H groups in total. The molecule has 0 radical (unpaired) electrons. The number of hydrogen-bond acceptors (Lipinski definition) is 5. The van der Waals surface area contributed by atoms with E-state index in [-0.39, 0.29) is 30.9 Å². The van der Waals surface area contributed by atoms with Crippen LogP contribution in [0, 0.1) is 0 Å². The first-order valence-corrected chi connectivity index (χ1v) is 8.65. The molecule has 4 amide bonds. The molecule has 2 fully saturated rings. The van der Waals surface area contributed by atoms with E-state index in [1.807, 2.05) is 0 Å². The van der Waals surface area contributed by atoms with Gasteiger partial charge in [0.25, 0.3) is 5.91 Å². The zero-order valence-corrected chi connectivity index (χ0v) is 15.0. The molecule has 2 heterocycles. The van der Waals surface area contributed by atoms with E-state index in [0.717, 1.165) is 12.8 Å². The molecule has 1 aromatic carbocycles. The maximum atomic E-state index is 12.8. The van der Waals surface area contributed by atoms with Gasteiger partial charge < -0.3 is 14.4 Å². The van der Waals surface area contributed by atoms with Crippen molar-refractivity contribution in [3.63, 3.8) is 0 Å². The first kappa shape index (κ1) is 18.2. The molecule has 26 heavy (non-hydrogen) atoms. The summed E-state index contributed by atoms with van der Waals surface area (Å²) in [5.74, 6) is 0.0829. The summed E-state index contributed by atoms with van der Waals surface area (Å²) in [6.45, 7) is 1.52. The zero-order valence-electron chi connectivity index (χ0n) is 15.0. The zero-order chi connectivity index (χ0) is 18.7. The Kier molecular flexibility index (Phi) is 5.41. The summed E-state index contributed by atoms with van der Waals surface area (Å²) in [5, 5.41) is 2.29. The largest absolute Gasteiger partial charge is 0.495 e. The Morgan fingerprint density at radius 1 is 1.15 bits per heavy atom. The molecule has 0 bridgehead atoms. The summed E-state index contributed by atoms with van der Waals surface area (Å²) in [4.78, 5) is 39.6. The van der Waals surface area contributed by atoms with Crippen molar-refractivity contribution >= 4 is 23.5 Å². The molecule has 0 atom stereocenters. The van der Waals surface area contributed by atoms with Gasteiger partial charge in [0.05, 0.1) is 18.9 Å². The van der Waals surface area contributed by atoms with Gasteiger partial charge in [0.2, 0.25) is 5.91 Å².